The molecule has 1 aromatic heterocycles. The van der Waals surface area contributed by atoms with E-state index in [2.05, 4.69) is 16.4 Å². The number of esters is 1. The molecule has 2 aliphatic rings. The minimum atomic E-state index is -0.287. The molecule has 5 heteroatoms. The summed E-state index contributed by atoms with van der Waals surface area (Å²) in [7, 11) is 1.43. The van der Waals surface area contributed by atoms with E-state index in [9.17, 15) is 4.79 Å². The molecule has 132 valence electrons. The Labute approximate surface area is 148 Å². The quantitative estimate of drug-likeness (QED) is 0.823. The SMILES string of the molecule is COC(=O)c1cc(-c2nc3c([nH]2)CCCCN3)c(C2CCC2)cc1C. The van der Waals surface area contributed by atoms with Gasteiger partial charge in [-0.05, 0) is 62.1 Å². The van der Waals surface area contributed by atoms with Crippen LogP contribution >= 0.6 is 0 Å². The molecule has 0 spiro atoms. The van der Waals surface area contributed by atoms with Crippen LogP contribution in [-0.2, 0) is 11.2 Å². The Morgan fingerprint density at radius 2 is 2.08 bits per heavy atom. The molecule has 1 aliphatic heterocycles. The number of benzene rings is 1. The fourth-order valence-corrected chi connectivity index (χ4v) is 3.82. The van der Waals surface area contributed by atoms with Crippen molar-refractivity contribution in [3.05, 3.63) is 34.5 Å². The number of fused-ring (bicyclic) bond motifs is 1. The average Bonchev–Trinajstić information content (AvgIpc) is 2.83. The normalized spacial score (nSPS) is 17.2. The van der Waals surface area contributed by atoms with Crippen LogP contribution in [0.25, 0.3) is 11.4 Å². The zero-order chi connectivity index (χ0) is 17.4. The number of methoxy groups -OCH3 is 1. The molecular weight excluding hydrogens is 314 g/mol. The molecule has 1 aliphatic carbocycles. The zero-order valence-electron chi connectivity index (χ0n) is 14.9. The van der Waals surface area contributed by atoms with Gasteiger partial charge in [0.15, 0.2) is 0 Å². The lowest BCUT2D eigenvalue weighted by Crippen LogP contribution is -2.13. The van der Waals surface area contributed by atoms with Gasteiger partial charge in [-0.25, -0.2) is 9.78 Å². The number of carbonyl (C=O) groups excluding carboxylic acids is 1. The molecule has 1 aromatic carbocycles. The first-order chi connectivity index (χ1) is 12.2. The van der Waals surface area contributed by atoms with Gasteiger partial charge in [-0.3, -0.25) is 0 Å². The highest BCUT2D eigenvalue weighted by Gasteiger charge is 2.26. The van der Waals surface area contributed by atoms with E-state index in [1.54, 1.807) is 0 Å². The standard InChI is InChI=1S/C20H25N3O2/c1-12-10-15(13-6-5-7-13)16(11-14(12)20(24)25-2)18-22-17-8-3-4-9-21-19(17)23-18/h10-11,13,21H,3-9H2,1-2H3,(H,22,23). The van der Waals surface area contributed by atoms with Crippen LogP contribution in [0.4, 0.5) is 5.82 Å². The first kappa shape index (κ1) is 16.2. The molecule has 2 N–H and O–H groups in total. The fourth-order valence-electron chi connectivity index (χ4n) is 3.82. The van der Waals surface area contributed by atoms with Crippen molar-refractivity contribution in [2.24, 2.45) is 0 Å². The number of aromatic amines is 1. The van der Waals surface area contributed by atoms with Gasteiger partial charge in [-0.2, -0.15) is 0 Å². The van der Waals surface area contributed by atoms with Crippen molar-refractivity contribution in [1.29, 1.82) is 0 Å². The molecule has 5 nitrogen and oxygen atoms in total. The summed E-state index contributed by atoms with van der Waals surface area (Å²) in [6, 6.07) is 4.12. The van der Waals surface area contributed by atoms with Crippen molar-refractivity contribution in [1.82, 2.24) is 9.97 Å². The molecule has 1 saturated carbocycles. The Bertz CT molecular complexity index is 782. The van der Waals surface area contributed by atoms with Crippen molar-refractivity contribution < 1.29 is 9.53 Å². The highest BCUT2D eigenvalue weighted by molar-refractivity contribution is 5.93. The van der Waals surface area contributed by atoms with Crippen molar-refractivity contribution in [3.63, 3.8) is 0 Å². The Kier molecular flexibility index (Phi) is 4.24. The summed E-state index contributed by atoms with van der Waals surface area (Å²) in [6.45, 7) is 2.95. The largest absolute Gasteiger partial charge is 0.465 e. The van der Waals surface area contributed by atoms with Crippen LogP contribution in [0.3, 0.4) is 0 Å². The second-order valence-electron chi connectivity index (χ2n) is 7.17. The van der Waals surface area contributed by atoms with Gasteiger partial charge in [0.1, 0.15) is 11.6 Å². The Hall–Kier alpha value is -2.30. The van der Waals surface area contributed by atoms with E-state index in [0.717, 1.165) is 35.7 Å². The first-order valence-electron chi connectivity index (χ1n) is 9.23. The monoisotopic (exact) mass is 339 g/mol. The minimum Gasteiger partial charge on any atom is -0.465 e. The second kappa shape index (κ2) is 6.54. The smallest absolute Gasteiger partial charge is 0.338 e. The number of rotatable bonds is 3. The highest BCUT2D eigenvalue weighted by atomic mass is 16.5. The molecular formula is C20H25N3O2. The zero-order valence-corrected chi connectivity index (χ0v) is 14.9. The van der Waals surface area contributed by atoms with Crippen LogP contribution in [0.1, 0.15) is 65.2 Å². The Morgan fingerprint density at radius 1 is 1.24 bits per heavy atom. The molecule has 2 heterocycles. The minimum absolute atomic E-state index is 0.287. The van der Waals surface area contributed by atoms with Crippen LogP contribution in [0.5, 0.6) is 0 Å². The van der Waals surface area contributed by atoms with Crippen molar-refractivity contribution in [2.45, 2.75) is 51.4 Å². The van der Waals surface area contributed by atoms with Crippen molar-refractivity contribution in [3.8, 4) is 11.4 Å². The molecule has 0 bridgehead atoms. The molecule has 0 atom stereocenters. The molecule has 0 amide bonds. The number of H-pyrrole nitrogens is 1. The number of carbonyl (C=O) groups is 1. The highest BCUT2D eigenvalue weighted by Crippen LogP contribution is 2.42. The van der Waals surface area contributed by atoms with Crippen LogP contribution < -0.4 is 5.32 Å². The van der Waals surface area contributed by atoms with Crippen LogP contribution in [0, 0.1) is 6.92 Å². The van der Waals surface area contributed by atoms with E-state index < -0.39 is 0 Å². The molecule has 0 saturated heterocycles. The molecule has 4 rings (SSSR count). The topological polar surface area (TPSA) is 67.0 Å². The second-order valence-corrected chi connectivity index (χ2v) is 7.17. The Morgan fingerprint density at radius 3 is 2.80 bits per heavy atom. The average molecular weight is 339 g/mol. The van der Waals surface area contributed by atoms with Gasteiger partial charge < -0.3 is 15.0 Å². The van der Waals surface area contributed by atoms with E-state index in [1.807, 2.05) is 13.0 Å². The van der Waals surface area contributed by atoms with E-state index in [0.29, 0.717) is 11.5 Å². The molecule has 0 radical (unpaired) electrons. The number of ether oxygens (including phenoxy) is 1. The van der Waals surface area contributed by atoms with Crippen molar-refractivity contribution in [2.75, 3.05) is 19.0 Å². The lowest BCUT2D eigenvalue weighted by molar-refractivity contribution is 0.0600. The van der Waals surface area contributed by atoms with Crippen molar-refractivity contribution >= 4 is 11.8 Å². The number of imidazole rings is 1. The van der Waals surface area contributed by atoms with Gasteiger partial charge >= 0.3 is 5.97 Å². The maximum Gasteiger partial charge on any atom is 0.338 e. The van der Waals surface area contributed by atoms with Gasteiger partial charge in [0, 0.05) is 12.1 Å². The summed E-state index contributed by atoms with van der Waals surface area (Å²) >= 11 is 0. The van der Waals surface area contributed by atoms with Gasteiger partial charge in [0.2, 0.25) is 0 Å². The maximum atomic E-state index is 12.2. The van der Waals surface area contributed by atoms with Crippen LogP contribution in [0.15, 0.2) is 12.1 Å². The van der Waals surface area contributed by atoms with Gasteiger partial charge in [-0.15, -0.1) is 0 Å². The molecule has 2 aromatic rings. The van der Waals surface area contributed by atoms with Crippen LogP contribution in [-0.4, -0.2) is 29.6 Å². The summed E-state index contributed by atoms with van der Waals surface area (Å²) in [5.41, 5.74) is 5.13. The maximum absolute atomic E-state index is 12.2. The fraction of sp³-hybridized carbons (Fsp3) is 0.500. The number of aryl methyl sites for hydroxylation is 2. The van der Waals surface area contributed by atoms with E-state index >= 15 is 0 Å². The lowest BCUT2D eigenvalue weighted by Gasteiger charge is -2.28. The summed E-state index contributed by atoms with van der Waals surface area (Å²) < 4.78 is 4.96. The van der Waals surface area contributed by atoms with E-state index in [-0.39, 0.29) is 5.97 Å². The van der Waals surface area contributed by atoms with E-state index in [1.165, 1.54) is 50.5 Å². The predicted molar refractivity (Wildman–Crippen MR) is 98.1 cm³/mol. The van der Waals surface area contributed by atoms with E-state index in [4.69, 9.17) is 9.72 Å². The third-order valence-corrected chi connectivity index (χ3v) is 5.53. The summed E-state index contributed by atoms with van der Waals surface area (Å²) in [6.07, 6.45) is 7.05. The van der Waals surface area contributed by atoms with Crippen LogP contribution in [0.2, 0.25) is 0 Å². The van der Waals surface area contributed by atoms with Gasteiger partial charge in [-0.1, -0.05) is 12.5 Å². The number of hydrogen-bond acceptors (Lipinski definition) is 4. The lowest BCUT2D eigenvalue weighted by atomic mass is 9.77. The third-order valence-electron chi connectivity index (χ3n) is 5.53. The summed E-state index contributed by atoms with van der Waals surface area (Å²) in [5, 5.41) is 3.42. The Balaban J connectivity index is 1.82. The first-order valence-corrected chi connectivity index (χ1v) is 9.23. The molecule has 0 unspecified atom stereocenters. The number of nitrogens with zero attached hydrogens (tertiary/aromatic N) is 1. The number of hydrogen-bond donors (Lipinski definition) is 2. The third kappa shape index (κ3) is 2.92. The molecule has 1 fully saturated rings. The number of nitrogens with one attached hydrogen (secondary N) is 2. The predicted octanol–water partition coefficient (Wildman–Crippen LogP) is 4.19. The van der Waals surface area contributed by atoms with Gasteiger partial charge in [0.25, 0.3) is 0 Å². The number of anilines is 1. The summed E-state index contributed by atoms with van der Waals surface area (Å²) in [4.78, 5) is 20.5. The number of aromatic nitrogens is 2. The molecule has 25 heavy (non-hydrogen) atoms. The summed E-state index contributed by atoms with van der Waals surface area (Å²) in [5.74, 6) is 2.11. The van der Waals surface area contributed by atoms with Gasteiger partial charge in [0.05, 0.1) is 18.4 Å².